The van der Waals surface area contributed by atoms with Gasteiger partial charge in [0.05, 0.1) is 0 Å². The Kier molecular flexibility index (Phi) is 4.55. The molecule has 5 atom stereocenters. The Hall–Kier alpha value is -0.610. The minimum absolute atomic E-state index is 0.173. The molecule has 0 aromatic heterocycles. The zero-order valence-corrected chi connectivity index (χ0v) is 13.6. The summed E-state index contributed by atoms with van der Waals surface area (Å²) in [6.45, 7) is 5.33. The van der Waals surface area contributed by atoms with Crippen LogP contribution in [0.15, 0.2) is 0 Å². The fourth-order valence-corrected chi connectivity index (χ4v) is 4.83. The fourth-order valence-electron chi connectivity index (χ4n) is 4.83. The first-order valence-corrected chi connectivity index (χ1v) is 8.82. The highest BCUT2D eigenvalue weighted by atomic mass is 16.2. The SMILES string of the molecule is CC1C(N)CCCC1C(=O)N1CCC2C(CCCN2C)C1. The Balaban J connectivity index is 1.63. The van der Waals surface area contributed by atoms with E-state index in [1.807, 2.05) is 0 Å². The van der Waals surface area contributed by atoms with Gasteiger partial charge in [0, 0.05) is 31.1 Å². The van der Waals surface area contributed by atoms with E-state index in [-0.39, 0.29) is 12.0 Å². The maximum absolute atomic E-state index is 12.9. The first-order valence-electron chi connectivity index (χ1n) is 8.82. The number of nitrogens with two attached hydrogens (primary N) is 1. The summed E-state index contributed by atoms with van der Waals surface area (Å²) in [5.74, 6) is 1.60. The van der Waals surface area contributed by atoms with Gasteiger partial charge in [-0.2, -0.15) is 0 Å². The number of amides is 1. The van der Waals surface area contributed by atoms with E-state index in [2.05, 4.69) is 23.8 Å². The molecule has 1 amide bonds. The van der Waals surface area contributed by atoms with Crippen molar-refractivity contribution in [3.63, 3.8) is 0 Å². The highest BCUT2D eigenvalue weighted by Gasteiger charge is 2.40. The molecule has 1 aliphatic carbocycles. The Morgan fingerprint density at radius 1 is 1.10 bits per heavy atom. The molecule has 1 saturated carbocycles. The third-order valence-electron chi connectivity index (χ3n) is 6.34. The molecule has 120 valence electrons. The summed E-state index contributed by atoms with van der Waals surface area (Å²) in [7, 11) is 2.25. The number of hydrogen-bond acceptors (Lipinski definition) is 3. The number of carbonyl (C=O) groups excluding carboxylic acids is 1. The summed E-state index contributed by atoms with van der Waals surface area (Å²) < 4.78 is 0. The first kappa shape index (κ1) is 15.3. The molecule has 4 nitrogen and oxygen atoms in total. The standard InChI is InChI=1S/C17H31N3O/c1-12-14(6-3-7-15(12)18)17(21)20-10-8-16-13(11-20)5-4-9-19(16)2/h12-16H,3-11,18H2,1-2H3. The van der Waals surface area contributed by atoms with E-state index < -0.39 is 0 Å². The van der Waals surface area contributed by atoms with Crippen LogP contribution in [0.4, 0.5) is 0 Å². The Morgan fingerprint density at radius 2 is 1.90 bits per heavy atom. The van der Waals surface area contributed by atoms with Crippen LogP contribution in [0, 0.1) is 17.8 Å². The van der Waals surface area contributed by atoms with Crippen molar-refractivity contribution in [2.75, 3.05) is 26.7 Å². The number of piperidine rings is 2. The van der Waals surface area contributed by atoms with E-state index in [4.69, 9.17) is 5.73 Å². The van der Waals surface area contributed by atoms with Gasteiger partial charge in [-0.1, -0.05) is 13.3 Å². The fraction of sp³-hybridized carbons (Fsp3) is 0.941. The molecule has 2 heterocycles. The van der Waals surface area contributed by atoms with E-state index in [9.17, 15) is 4.79 Å². The van der Waals surface area contributed by atoms with Gasteiger partial charge in [-0.25, -0.2) is 0 Å². The van der Waals surface area contributed by atoms with Crippen molar-refractivity contribution >= 4 is 5.91 Å². The van der Waals surface area contributed by atoms with Crippen molar-refractivity contribution < 1.29 is 4.79 Å². The number of hydrogen-bond donors (Lipinski definition) is 1. The summed E-state index contributed by atoms with van der Waals surface area (Å²) in [5.41, 5.74) is 6.18. The smallest absolute Gasteiger partial charge is 0.226 e. The number of nitrogens with zero attached hydrogens (tertiary/aromatic N) is 2. The van der Waals surface area contributed by atoms with E-state index in [0.29, 0.717) is 23.8 Å². The van der Waals surface area contributed by atoms with Crippen molar-refractivity contribution in [3.8, 4) is 0 Å². The summed E-state index contributed by atoms with van der Waals surface area (Å²) in [6.07, 6.45) is 6.96. The van der Waals surface area contributed by atoms with Gasteiger partial charge in [0.1, 0.15) is 0 Å². The van der Waals surface area contributed by atoms with Crippen LogP contribution in [0.5, 0.6) is 0 Å². The Labute approximate surface area is 129 Å². The average Bonchev–Trinajstić information content (AvgIpc) is 2.49. The topological polar surface area (TPSA) is 49.6 Å². The second-order valence-corrected chi connectivity index (χ2v) is 7.58. The predicted molar refractivity (Wildman–Crippen MR) is 84.8 cm³/mol. The van der Waals surface area contributed by atoms with Crippen molar-refractivity contribution in [2.45, 2.75) is 57.5 Å². The van der Waals surface area contributed by atoms with Gasteiger partial charge in [-0.05, 0) is 57.5 Å². The third-order valence-corrected chi connectivity index (χ3v) is 6.34. The van der Waals surface area contributed by atoms with Crippen LogP contribution in [0.25, 0.3) is 0 Å². The largest absolute Gasteiger partial charge is 0.342 e. The normalized spacial score (nSPS) is 41.7. The van der Waals surface area contributed by atoms with Gasteiger partial charge >= 0.3 is 0 Å². The molecule has 2 aliphatic heterocycles. The molecule has 4 heteroatoms. The van der Waals surface area contributed by atoms with Crippen LogP contribution < -0.4 is 5.73 Å². The molecular formula is C17H31N3O. The summed E-state index contributed by atoms with van der Waals surface area (Å²) in [4.78, 5) is 17.6. The number of rotatable bonds is 1. The molecular weight excluding hydrogens is 262 g/mol. The summed E-state index contributed by atoms with van der Waals surface area (Å²) in [6, 6.07) is 0.917. The second-order valence-electron chi connectivity index (χ2n) is 7.58. The van der Waals surface area contributed by atoms with E-state index in [1.165, 1.54) is 19.4 Å². The Morgan fingerprint density at radius 3 is 2.71 bits per heavy atom. The molecule has 2 saturated heterocycles. The molecule has 0 spiro atoms. The maximum Gasteiger partial charge on any atom is 0.226 e. The predicted octanol–water partition coefficient (Wildman–Crippen LogP) is 1.69. The summed E-state index contributed by atoms with van der Waals surface area (Å²) in [5, 5.41) is 0. The number of likely N-dealkylation sites (tertiary alicyclic amines) is 2. The van der Waals surface area contributed by atoms with E-state index in [1.54, 1.807) is 0 Å². The van der Waals surface area contributed by atoms with Gasteiger partial charge in [0.15, 0.2) is 0 Å². The average molecular weight is 293 g/mol. The number of carbonyl (C=O) groups is 1. The highest BCUT2D eigenvalue weighted by molar-refractivity contribution is 5.79. The Bertz CT molecular complexity index is 386. The molecule has 21 heavy (non-hydrogen) atoms. The first-order chi connectivity index (χ1) is 10.1. The highest BCUT2D eigenvalue weighted by Crippen LogP contribution is 2.34. The maximum atomic E-state index is 12.9. The lowest BCUT2D eigenvalue weighted by molar-refractivity contribution is -0.142. The summed E-state index contributed by atoms with van der Waals surface area (Å²) >= 11 is 0. The van der Waals surface area contributed by atoms with Gasteiger partial charge in [-0.15, -0.1) is 0 Å². The van der Waals surface area contributed by atoms with Crippen molar-refractivity contribution in [1.82, 2.24) is 9.80 Å². The van der Waals surface area contributed by atoms with Crippen LogP contribution >= 0.6 is 0 Å². The van der Waals surface area contributed by atoms with Crippen LogP contribution in [-0.2, 0) is 4.79 Å². The molecule has 0 radical (unpaired) electrons. The second kappa shape index (κ2) is 6.25. The molecule has 0 aromatic carbocycles. The van der Waals surface area contributed by atoms with Crippen LogP contribution in [0.3, 0.4) is 0 Å². The molecule has 2 N–H and O–H groups in total. The van der Waals surface area contributed by atoms with E-state index in [0.717, 1.165) is 38.8 Å². The molecule has 3 fully saturated rings. The van der Waals surface area contributed by atoms with Gasteiger partial charge in [-0.3, -0.25) is 4.79 Å². The third kappa shape index (κ3) is 2.98. The van der Waals surface area contributed by atoms with Gasteiger partial charge < -0.3 is 15.5 Å². The molecule has 5 unspecified atom stereocenters. The molecule has 3 rings (SSSR count). The van der Waals surface area contributed by atoms with Crippen molar-refractivity contribution in [2.24, 2.45) is 23.5 Å². The van der Waals surface area contributed by atoms with E-state index >= 15 is 0 Å². The van der Waals surface area contributed by atoms with Gasteiger partial charge in [0.25, 0.3) is 0 Å². The quantitative estimate of drug-likeness (QED) is 0.800. The zero-order chi connectivity index (χ0) is 15.0. The lowest BCUT2D eigenvalue weighted by Crippen LogP contribution is -2.56. The number of fused-ring (bicyclic) bond motifs is 1. The minimum atomic E-state index is 0.173. The minimum Gasteiger partial charge on any atom is -0.342 e. The molecule has 0 bridgehead atoms. The lowest BCUT2D eigenvalue weighted by Gasteiger charge is -2.47. The van der Waals surface area contributed by atoms with Crippen molar-refractivity contribution in [3.05, 3.63) is 0 Å². The van der Waals surface area contributed by atoms with Crippen LogP contribution in [0.1, 0.15) is 45.4 Å². The van der Waals surface area contributed by atoms with Crippen molar-refractivity contribution in [1.29, 1.82) is 0 Å². The zero-order valence-electron chi connectivity index (χ0n) is 13.6. The lowest BCUT2D eigenvalue weighted by atomic mass is 9.76. The monoisotopic (exact) mass is 293 g/mol. The van der Waals surface area contributed by atoms with Crippen LogP contribution in [0.2, 0.25) is 0 Å². The molecule has 3 aliphatic rings. The van der Waals surface area contributed by atoms with Gasteiger partial charge in [0.2, 0.25) is 5.91 Å². The van der Waals surface area contributed by atoms with Crippen LogP contribution in [-0.4, -0.2) is 54.5 Å². The molecule has 0 aromatic rings.